The lowest BCUT2D eigenvalue weighted by molar-refractivity contribution is -0.162. The van der Waals surface area contributed by atoms with Gasteiger partial charge in [-0.05, 0) is 52.0 Å². The predicted octanol–water partition coefficient (Wildman–Crippen LogP) is 3.53. The largest absolute Gasteiger partial charge is 0.454 e. The summed E-state index contributed by atoms with van der Waals surface area (Å²) in [5.74, 6) is -0.182. The smallest absolute Gasteiger partial charge is 0.322 e. The van der Waals surface area contributed by atoms with Crippen LogP contribution in [0.3, 0.4) is 0 Å². The van der Waals surface area contributed by atoms with Gasteiger partial charge in [0.05, 0.1) is 5.60 Å². The van der Waals surface area contributed by atoms with Crippen molar-refractivity contribution in [2.75, 3.05) is 0 Å². The molecule has 0 heterocycles. The Hall–Kier alpha value is -0.100. The summed E-state index contributed by atoms with van der Waals surface area (Å²) in [6, 6.07) is 0. The van der Waals surface area contributed by atoms with E-state index in [1.54, 1.807) is 0 Å². The third kappa shape index (κ3) is 3.32. The molecule has 4 heteroatoms. The van der Waals surface area contributed by atoms with Crippen LogP contribution in [0.1, 0.15) is 59.3 Å². The number of aliphatic hydroxyl groups is 1. The number of carbonyl (C=O) groups is 1. The lowest BCUT2D eigenvalue weighted by atomic mass is 9.70. The zero-order valence-corrected chi connectivity index (χ0v) is 14.1. The maximum absolute atomic E-state index is 12.3. The molecule has 0 amide bonds. The van der Waals surface area contributed by atoms with Gasteiger partial charge in [-0.25, -0.2) is 0 Å². The molecule has 0 radical (unpaired) electrons. The van der Waals surface area contributed by atoms with Gasteiger partial charge in [0.1, 0.15) is 9.02 Å². The third-order valence-electron chi connectivity index (χ3n) is 4.30. The number of fused-ring (bicyclic) bond motifs is 2. The van der Waals surface area contributed by atoms with E-state index < -0.39 is 14.6 Å². The molecule has 0 saturated heterocycles. The van der Waals surface area contributed by atoms with Crippen LogP contribution in [0, 0.1) is 0 Å². The van der Waals surface area contributed by atoms with Crippen LogP contribution >= 0.6 is 22.6 Å². The Balaban J connectivity index is 2.18. The van der Waals surface area contributed by atoms with Crippen LogP contribution in [0.15, 0.2) is 11.6 Å². The van der Waals surface area contributed by atoms with E-state index in [0.29, 0.717) is 6.42 Å². The highest BCUT2D eigenvalue weighted by molar-refractivity contribution is 14.1. The molecule has 0 aliphatic heterocycles. The molecule has 0 spiro atoms. The summed E-state index contributed by atoms with van der Waals surface area (Å²) in [5, 5.41) is 10.6. The average Bonchev–Trinajstić information content (AvgIpc) is 2.26. The van der Waals surface area contributed by atoms with Crippen molar-refractivity contribution in [1.29, 1.82) is 0 Å². The van der Waals surface area contributed by atoms with Crippen LogP contribution in [0.5, 0.6) is 0 Å². The molecule has 3 atom stereocenters. The zero-order valence-electron chi connectivity index (χ0n) is 12.0. The molecule has 2 bridgehead atoms. The number of halogens is 1. The van der Waals surface area contributed by atoms with E-state index in [1.807, 2.05) is 20.8 Å². The Bertz CT molecular complexity index is 416. The van der Waals surface area contributed by atoms with Crippen LogP contribution in [0.2, 0.25) is 0 Å². The van der Waals surface area contributed by atoms with E-state index >= 15 is 0 Å². The first-order valence-corrected chi connectivity index (χ1v) is 8.11. The van der Waals surface area contributed by atoms with Crippen LogP contribution in [0.25, 0.3) is 0 Å². The van der Waals surface area contributed by atoms with Gasteiger partial charge in [0, 0.05) is 6.42 Å². The van der Waals surface area contributed by atoms with Crippen molar-refractivity contribution in [3.05, 3.63) is 11.6 Å². The maximum Gasteiger partial charge on any atom is 0.322 e. The van der Waals surface area contributed by atoms with Gasteiger partial charge < -0.3 is 9.84 Å². The summed E-state index contributed by atoms with van der Waals surface area (Å²) in [4.78, 5) is 12.3. The Kier molecular flexibility index (Phi) is 4.04. The summed E-state index contributed by atoms with van der Waals surface area (Å²) in [5.41, 5.74) is -0.0888. The van der Waals surface area contributed by atoms with Crippen molar-refractivity contribution in [2.45, 2.75) is 73.9 Å². The number of carbonyl (C=O) groups excluding carboxylic acids is 1. The van der Waals surface area contributed by atoms with Gasteiger partial charge in [0.2, 0.25) is 0 Å². The SMILES string of the molecule is CCC(C)(I)C(=O)OC1(C)C=C2CCCC(O)(C2)C1. The molecule has 108 valence electrons. The van der Waals surface area contributed by atoms with Crippen molar-refractivity contribution in [3.63, 3.8) is 0 Å². The fourth-order valence-electron chi connectivity index (χ4n) is 3.18. The molecule has 3 unspecified atom stereocenters. The van der Waals surface area contributed by atoms with Crippen molar-refractivity contribution >= 4 is 28.6 Å². The van der Waals surface area contributed by atoms with Crippen LogP contribution < -0.4 is 0 Å². The van der Waals surface area contributed by atoms with Crippen molar-refractivity contribution in [3.8, 4) is 0 Å². The number of ether oxygens (including phenoxy) is 1. The van der Waals surface area contributed by atoms with Crippen LogP contribution in [0.4, 0.5) is 0 Å². The standard InChI is InChI=1S/C15H23IO3/c1-4-14(3,16)12(17)19-13(2)8-11-6-5-7-15(18,9-11)10-13/h8,18H,4-7,9-10H2,1-3H3. The third-order valence-corrected chi connectivity index (χ3v) is 5.50. The summed E-state index contributed by atoms with van der Waals surface area (Å²) < 4.78 is 5.26. The second-order valence-electron chi connectivity index (χ2n) is 6.49. The quantitative estimate of drug-likeness (QED) is 0.354. The molecular formula is C15H23IO3. The maximum atomic E-state index is 12.3. The van der Waals surface area contributed by atoms with E-state index in [2.05, 4.69) is 28.7 Å². The van der Waals surface area contributed by atoms with Gasteiger partial charge in [-0.3, -0.25) is 4.79 Å². The first kappa shape index (κ1) is 15.3. The van der Waals surface area contributed by atoms with Gasteiger partial charge in [0.25, 0.3) is 0 Å². The zero-order chi connectivity index (χ0) is 14.3. The molecule has 0 aromatic rings. The van der Waals surface area contributed by atoms with Gasteiger partial charge >= 0.3 is 5.97 Å². The number of rotatable bonds is 3. The fraction of sp³-hybridized carbons (Fsp3) is 0.800. The predicted molar refractivity (Wildman–Crippen MR) is 83.3 cm³/mol. The first-order valence-electron chi connectivity index (χ1n) is 7.03. The highest BCUT2D eigenvalue weighted by atomic mass is 127. The summed E-state index contributed by atoms with van der Waals surface area (Å²) in [6.45, 7) is 5.80. The minimum atomic E-state index is -0.675. The Morgan fingerprint density at radius 2 is 2.32 bits per heavy atom. The number of hydrogen-bond acceptors (Lipinski definition) is 3. The Labute approximate surface area is 128 Å². The number of alkyl halides is 1. The number of hydrogen-bond donors (Lipinski definition) is 1. The lowest BCUT2D eigenvalue weighted by Crippen LogP contribution is -2.48. The van der Waals surface area contributed by atoms with E-state index in [1.165, 1.54) is 5.57 Å². The molecular weight excluding hydrogens is 355 g/mol. The van der Waals surface area contributed by atoms with Gasteiger partial charge in [0.15, 0.2) is 0 Å². The van der Waals surface area contributed by atoms with Crippen molar-refractivity contribution in [1.82, 2.24) is 0 Å². The molecule has 2 rings (SSSR count). The van der Waals surface area contributed by atoms with Crippen molar-refractivity contribution in [2.24, 2.45) is 0 Å². The molecule has 3 nitrogen and oxygen atoms in total. The molecule has 0 aromatic heterocycles. The van der Waals surface area contributed by atoms with Gasteiger partial charge in [-0.15, -0.1) is 0 Å². The summed E-state index contributed by atoms with van der Waals surface area (Å²) >= 11 is 2.15. The topological polar surface area (TPSA) is 46.5 Å². The molecule has 1 N–H and O–H groups in total. The molecule has 1 fully saturated rings. The second kappa shape index (κ2) is 5.02. The average molecular weight is 378 g/mol. The molecule has 2 aliphatic rings. The first-order chi connectivity index (χ1) is 8.68. The fourth-order valence-corrected chi connectivity index (χ4v) is 3.29. The van der Waals surface area contributed by atoms with Gasteiger partial charge in [-0.1, -0.05) is 35.1 Å². The molecule has 1 saturated carbocycles. The molecule has 2 aliphatic carbocycles. The van der Waals surface area contributed by atoms with E-state index in [9.17, 15) is 9.90 Å². The Morgan fingerprint density at radius 3 is 2.89 bits per heavy atom. The molecule has 0 aromatic carbocycles. The monoisotopic (exact) mass is 378 g/mol. The lowest BCUT2D eigenvalue weighted by Gasteiger charge is -2.45. The molecule has 19 heavy (non-hydrogen) atoms. The second-order valence-corrected chi connectivity index (χ2v) is 8.87. The van der Waals surface area contributed by atoms with E-state index in [4.69, 9.17) is 4.74 Å². The normalized spacial score (nSPS) is 37.2. The summed E-state index contributed by atoms with van der Waals surface area (Å²) in [6.07, 6.45) is 6.94. The summed E-state index contributed by atoms with van der Waals surface area (Å²) in [7, 11) is 0. The highest BCUT2D eigenvalue weighted by Crippen LogP contribution is 2.45. The van der Waals surface area contributed by atoms with E-state index in [-0.39, 0.29) is 5.97 Å². The number of esters is 1. The van der Waals surface area contributed by atoms with E-state index in [0.717, 1.165) is 32.1 Å². The van der Waals surface area contributed by atoms with Crippen LogP contribution in [-0.2, 0) is 9.53 Å². The van der Waals surface area contributed by atoms with Crippen molar-refractivity contribution < 1.29 is 14.6 Å². The Morgan fingerprint density at radius 1 is 1.63 bits per heavy atom. The van der Waals surface area contributed by atoms with Gasteiger partial charge in [-0.2, -0.15) is 0 Å². The minimum absolute atomic E-state index is 0.182. The highest BCUT2D eigenvalue weighted by Gasteiger charge is 2.46. The minimum Gasteiger partial charge on any atom is -0.454 e. The van der Waals surface area contributed by atoms with Crippen LogP contribution in [-0.4, -0.2) is 25.7 Å².